The van der Waals surface area contributed by atoms with Gasteiger partial charge in [0.2, 0.25) is 0 Å². The van der Waals surface area contributed by atoms with Gasteiger partial charge >= 0.3 is 0 Å². The van der Waals surface area contributed by atoms with Crippen molar-refractivity contribution in [1.82, 2.24) is 15.0 Å². The quantitative estimate of drug-likeness (QED) is 0.126. The third-order valence-electron chi connectivity index (χ3n) is 12.4. The minimum atomic E-state index is -0.300. The van der Waals surface area contributed by atoms with Gasteiger partial charge in [0.1, 0.15) is 39.6 Å². The Kier molecular flexibility index (Phi) is 14.6. The zero-order valence-corrected chi connectivity index (χ0v) is 40.4. The summed E-state index contributed by atoms with van der Waals surface area (Å²) in [5.74, 6) is 4.48. The van der Waals surface area contributed by atoms with E-state index in [4.69, 9.17) is 33.7 Å². The van der Waals surface area contributed by atoms with E-state index in [9.17, 15) is 10.5 Å². The van der Waals surface area contributed by atoms with Crippen molar-refractivity contribution in [2.24, 2.45) is 0 Å². The Morgan fingerprint density at radius 1 is 0.769 bits per heavy atom. The van der Waals surface area contributed by atoms with E-state index < -0.39 is 0 Å². The van der Waals surface area contributed by atoms with Crippen LogP contribution in [-0.2, 0) is 57.8 Å². The molecule has 0 radical (unpaired) electrons. The molecule has 5 aromatic rings. The topological polar surface area (TPSA) is 142 Å². The van der Waals surface area contributed by atoms with Gasteiger partial charge in [0.25, 0.3) is 0 Å². The van der Waals surface area contributed by atoms with Crippen LogP contribution in [0.15, 0.2) is 64.8 Å². The zero-order chi connectivity index (χ0) is 45.7. The summed E-state index contributed by atoms with van der Waals surface area (Å²) in [6.45, 7) is 18.1. The Morgan fingerprint density at radius 3 is 1.95 bits per heavy atom. The summed E-state index contributed by atoms with van der Waals surface area (Å²) in [4.78, 5) is 18.1. The van der Waals surface area contributed by atoms with Crippen molar-refractivity contribution in [3.8, 4) is 17.9 Å². The summed E-state index contributed by atoms with van der Waals surface area (Å²) in [6.07, 6.45) is 5.58. The summed E-state index contributed by atoms with van der Waals surface area (Å²) < 4.78 is 29.1. The third kappa shape index (κ3) is 10.9. The van der Waals surface area contributed by atoms with Crippen LogP contribution >= 0.6 is 23.5 Å². The predicted octanol–water partition coefficient (Wildman–Crippen LogP) is 9.22. The molecule has 2 fully saturated rings. The zero-order valence-electron chi connectivity index (χ0n) is 38.8. The number of benzene rings is 2. The van der Waals surface area contributed by atoms with Crippen LogP contribution in [-0.4, -0.2) is 96.4 Å². The number of hydrogen-bond donors (Lipinski definition) is 1. The first kappa shape index (κ1) is 46.7. The van der Waals surface area contributed by atoms with Gasteiger partial charge in [-0.25, -0.2) is 9.97 Å². The molecule has 0 aliphatic carbocycles. The highest BCUT2D eigenvalue weighted by Crippen LogP contribution is 2.41. The minimum absolute atomic E-state index is 0.131. The fourth-order valence-corrected chi connectivity index (χ4v) is 11.2. The number of aryl methyl sites for hydroxylation is 2. The first-order valence-electron chi connectivity index (χ1n) is 22.7. The van der Waals surface area contributed by atoms with Gasteiger partial charge in [0.15, 0.2) is 0 Å². The van der Waals surface area contributed by atoms with E-state index in [1.807, 2.05) is 18.2 Å². The Labute approximate surface area is 392 Å². The number of nitrogens with zero attached hydrogens (tertiary/aromatic N) is 6. The lowest BCUT2D eigenvalue weighted by atomic mass is 9.89. The summed E-state index contributed by atoms with van der Waals surface area (Å²) in [7, 11) is 1.68. The summed E-state index contributed by atoms with van der Waals surface area (Å²) >= 11 is 3.34. The molecule has 1 N–H and O–H groups in total. The highest BCUT2D eigenvalue weighted by Gasteiger charge is 2.36. The second-order valence-corrected chi connectivity index (χ2v) is 20.7. The number of morpholine rings is 2. The molecule has 2 saturated heterocycles. The van der Waals surface area contributed by atoms with E-state index in [0.717, 1.165) is 118 Å². The van der Waals surface area contributed by atoms with Gasteiger partial charge < -0.3 is 38.5 Å². The number of methoxy groups -OCH3 is 1. The lowest BCUT2D eigenvalue weighted by Gasteiger charge is -2.40. The molecule has 7 heterocycles. The number of nitrogens with one attached hydrogen (secondary N) is 1. The molecule has 9 rings (SSSR count). The summed E-state index contributed by atoms with van der Waals surface area (Å²) in [5, 5.41) is 23.1. The van der Waals surface area contributed by atoms with E-state index >= 15 is 0 Å². The van der Waals surface area contributed by atoms with Crippen LogP contribution in [0.5, 0.6) is 5.75 Å². The van der Waals surface area contributed by atoms with Crippen molar-refractivity contribution in [2.75, 3.05) is 67.8 Å². The Bertz CT molecular complexity index is 2570. The van der Waals surface area contributed by atoms with E-state index in [0.29, 0.717) is 38.4 Å². The smallest absolute Gasteiger partial charge is 0.135 e. The fraction of sp³-hybridized carbons (Fsp3) is 0.490. The summed E-state index contributed by atoms with van der Waals surface area (Å²) in [6, 6.07) is 21.5. The first-order valence-corrected chi connectivity index (χ1v) is 24.7. The van der Waals surface area contributed by atoms with Gasteiger partial charge in [-0.15, -0.1) is 23.5 Å². The van der Waals surface area contributed by atoms with Crippen LogP contribution in [0.25, 0.3) is 10.9 Å². The third-order valence-corrected chi connectivity index (χ3v) is 14.4. The number of thioether (sulfide) groups is 2. The molecule has 3 aromatic heterocycles. The van der Waals surface area contributed by atoms with Crippen molar-refractivity contribution in [3.05, 3.63) is 99.2 Å². The second kappa shape index (κ2) is 20.4. The largest absolute Gasteiger partial charge is 0.497 e. The average Bonchev–Trinajstić information content (AvgIpc) is 3.71. The molecule has 2 atom stereocenters. The lowest BCUT2D eigenvalue weighted by molar-refractivity contribution is -0.0408. The molecule has 14 heteroatoms. The van der Waals surface area contributed by atoms with E-state index in [1.165, 1.54) is 16.5 Å². The number of rotatable bonds is 11. The van der Waals surface area contributed by atoms with Gasteiger partial charge in [0.05, 0.1) is 68.1 Å². The van der Waals surface area contributed by atoms with Crippen LogP contribution in [0.1, 0.15) is 86.1 Å². The minimum Gasteiger partial charge on any atom is -0.497 e. The number of fused-ring (bicyclic) bond motifs is 3. The molecule has 12 nitrogen and oxygen atoms in total. The molecule has 0 bridgehead atoms. The second-order valence-electron chi connectivity index (χ2n) is 18.5. The molecule has 65 heavy (non-hydrogen) atoms. The van der Waals surface area contributed by atoms with Gasteiger partial charge in [0, 0.05) is 78.8 Å². The predicted molar refractivity (Wildman–Crippen MR) is 258 cm³/mol. The number of anilines is 2. The molecule has 342 valence electrons. The number of ether oxygens (including phenoxy) is 5. The molecule has 2 unspecified atom stereocenters. The fourth-order valence-electron chi connectivity index (χ4n) is 9.23. The molecular formula is C51H61N7O5S2. The number of pyridine rings is 2. The Morgan fingerprint density at radius 2 is 1.35 bits per heavy atom. The maximum atomic E-state index is 10.1. The highest BCUT2D eigenvalue weighted by molar-refractivity contribution is 7.99. The van der Waals surface area contributed by atoms with Gasteiger partial charge in [-0.3, -0.25) is 0 Å². The van der Waals surface area contributed by atoms with E-state index in [2.05, 4.69) is 105 Å². The monoisotopic (exact) mass is 915 g/mol. The van der Waals surface area contributed by atoms with Gasteiger partial charge in [-0.2, -0.15) is 10.5 Å². The number of H-pyrrole nitrogens is 1. The van der Waals surface area contributed by atoms with Crippen LogP contribution in [0.2, 0.25) is 0 Å². The SMILES string of the molecule is CC1(C)Cc2c(C#N)c(SCCc3c[nH]c4ccccc34)nc(N3CCOCC3)c2CO1.COc1cccc(CCSc2nc(N3CC(C)OC(C)C3)c3c(c2C#N)CC(C)(C)OC3)c1. The molecule has 0 spiro atoms. The van der Waals surface area contributed by atoms with Crippen molar-refractivity contribution in [2.45, 2.75) is 114 Å². The van der Waals surface area contributed by atoms with Crippen molar-refractivity contribution >= 4 is 46.1 Å². The van der Waals surface area contributed by atoms with Crippen LogP contribution in [0.3, 0.4) is 0 Å². The molecule has 4 aliphatic heterocycles. The number of hydrogen-bond acceptors (Lipinski definition) is 13. The molecular weight excluding hydrogens is 855 g/mol. The van der Waals surface area contributed by atoms with Crippen LogP contribution in [0, 0.1) is 22.7 Å². The lowest BCUT2D eigenvalue weighted by Crippen LogP contribution is -2.47. The van der Waals surface area contributed by atoms with E-state index in [-0.39, 0.29) is 23.4 Å². The van der Waals surface area contributed by atoms with Crippen molar-refractivity contribution in [3.63, 3.8) is 0 Å². The Balaban J connectivity index is 0.000000177. The van der Waals surface area contributed by atoms with Gasteiger partial charge in [-0.05, 0) is 94.8 Å². The summed E-state index contributed by atoms with van der Waals surface area (Å²) in [5.41, 5.74) is 8.84. The number of aromatic amines is 1. The molecule has 4 aliphatic rings. The maximum Gasteiger partial charge on any atom is 0.135 e. The van der Waals surface area contributed by atoms with E-state index in [1.54, 1.807) is 30.6 Å². The standard InChI is InChI=1S/C26H33N3O3S.C25H28N4O2S/c1-17-14-29(15-18(2)32-17)24-23-16-31-26(3,4)12-21(23)22(13-27)25(28-24)33-10-9-19-7-6-8-20(11-19)30-5;1-25(2)13-19-20(14-26)24(28-23(21(19)16-31-25)29-8-10-30-11-9-29)32-12-7-17-15-27-22-6-4-3-5-18(17)22/h6-8,11,17-18H,9-10,12,14-16H2,1-5H3;3-6,15,27H,7-13,16H2,1-2H3. The number of para-hydroxylation sites is 1. The Hall–Kier alpha value is -4.80. The molecule has 0 saturated carbocycles. The average molecular weight is 916 g/mol. The number of nitriles is 2. The molecule has 0 amide bonds. The first-order chi connectivity index (χ1) is 31.3. The molecule has 2 aromatic carbocycles. The normalized spacial score (nSPS) is 19.9. The van der Waals surface area contributed by atoms with Crippen molar-refractivity contribution < 1.29 is 23.7 Å². The maximum absolute atomic E-state index is 10.1. The van der Waals surface area contributed by atoms with Crippen LogP contribution < -0.4 is 14.5 Å². The van der Waals surface area contributed by atoms with Crippen molar-refractivity contribution in [1.29, 1.82) is 10.5 Å². The van der Waals surface area contributed by atoms with Gasteiger partial charge in [-0.1, -0.05) is 30.3 Å². The van der Waals surface area contributed by atoms with Crippen LogP contribution in [0.4, 0.5) is 11.6 Å². The highest BCUT2D eigenvalue weighted by atomic mass is 32.2. The number of aromatic nitrogens is 3.